The summed E-state index contributed by atoms with van der Waals surface area (Å²) in [5, 5.41) is 4.09. The number of benzene rings is 2. The van der Waals surface area contributed by atoms with Gasteiger partial charge in [0.05, 0.1) is 0 Å². The van der Waals surface area contributed by atoms with E-state index in [1.165, 1.54) is 11.1 Å². The van der Waals surface area contributed by atoms with E-state index in [0.29, 0.717) is 6.54 Å². The average Bonchev–Trinajstić information content (AvgIpc) is 2.86. The summed E-state index contributed by atoms with van der Waals surface area (Å²) in [5.74, 6) is 0.201. The maximum atomic E-state index is 12.2. The van der Waals surface area contributed by atoms with Gasteiger partial charge >= 0.3 is 0 Å². The lowest BCUT2D eigenvalue weighted by molar-refractivity contribution is 0.0956. The molecule has 0 spiro atoms. The third-order valence-corrected chi connectivity index (χ3v) is 4.03. The van der Waals surface area contributed by atoms with Crippen molar-refractivity contribution in [2.24, 2.45) is 0 Å². The largest absolute Gasteiger partial charge is 0.361 e. The number of hydrogen-bond acceptors (Lipinski definition) is 1. The molecule has 3 heteroatoms. The van der Waals surface area contributed by atoms with Crippen LogP contribution in [0.15, 0.2) is 54.7 Å². The number of amides is 1. The van der Waals surface area contributed by atoms with Gasteiger partial charge in [-0.15, -0.1) is 0 Å². The summed E-state index contributed by atoms with van der Waals surface area (Å²) in [6.07, 6.45) is 2.03. The standard InChI is InChI=1S/C17H14N2O/c20-17-12-7-4-8-15-16(12)14(10-18-15)13(9-19-17)11-5-2-1-3-6-11/h1-8,10,13,18H,9H2,(H,19,20). The molecule has 20 heavy (non-hydrogen) atoms. The van der Waals surface area contributed by atoms with Gasteiger partial charge in [0.2, 0.25) is 0 Å². The first kappa shape index (κ1) is 11.3. The Bertz CT molecular complexity index is 789. The topological polar surface area (TPSA) is 44.9 Å². The number of carbonyl (C=O) groups is 1. The first-order valence-electron chi connectivity index (χ1n) is 6.78. The summed E-state index contributed by atoms with van der Waals surface area (Å²) in [6, 6.07) is 16.1. The van der Waals surface area contributed by atoms with Gasteiger partial charge in [-0.2, -0.15) is 0 Å². The van der Waals surface area contributed by atoms with Crippen molar-refractivity contribution >= 4 is 16.8 Å². The lowest BCUT2D eigenvalue weighted by Crippen LogP contribution is -2.26. The molecule has 4 rings (SSSR count). The molecular weight excluding hydrogens is 248 g/mol. The van der Waals surface area contributed by atoms with E-state index >= 15 is 0 Å². The first-order chi connectivity index (χ1) is 9.84. The molecule has 1 aliphatic heterocycles. The van der Waals surface area contributed by atoms with Crippen molar-refractivity contribution in [3.63, 3.8) is 0 Å². The second kappa shape index (κ2) is 4.23. The Morgan fingerprint density at radius 2 is 1.85 bits per heavy atom. The Morgan fingerprint density at radius 3 is 2.70 bits per heavy atom. The van der Waals surface area contributed by atoms with E-state index in [1.807, 2.05) is 42.6 Å². The molecule has 3 nitrogen and oxygen atoms in total. The van der Waals surface area contributed by atoms with Gasteiger partial charge in [0, 0.05) is 35.1 Å². The summed E-state index contributed by atoms with van der Waals surface area (Å²) in [7, 11) is 0. The SMILES string of the molecule is O=C1NCC(c2ccccc2)c2c[nH]c3cccc1c23. The van der Waals surface area contributed by atoms with Crippen LogP contribution in [0.25, 0.3) is 10.9 Å². The highest BCUT2D eigenvalue weighted by atomic mass is 16.1. The van der Waals surface area contributed by atoms with Crippen molar-refractivity contribution in [3.8, 4) is 0 Å². The van der Waals surface area contributed by atoms with Crippen molar-refractivity contribution < 1.29 is 4.79 Å². The molecule has 1 unspecified atom stereocenters. The van der Waals surface area contributed by atoms with Gasteiger partial charge in [0.25, 0.3) is 5.91 Å². The van der Waals surface area contributed by atoms with E-state index in [4.69, 9.17) is 0 Å². The molecule has 0 fully saturated rings. The first-order valence-corrected chi connectivity index (χ1v) is 6.78. The van der Waals surface area contributed by atoms with Crippen LogP contribution >= 0.6 is 0 Å². The molecule has 3 aromatic rings. The second-order valence-corrected chi connectivity index (χ2v) is 5.15. The number of hydrogen-bond donors (Lipinski definition) is 2. The minimum atomic E-state index is 0.00915. The smallest absolute Gasteiger partial charge is 0.252 e. The normalized spacial score (nSPS) is 17.8. The molecule has 0 aliphatic carbocycles. The molecule has 0 saturated heterocycles. The highest BCUT2D eigenvalue weighted by molar-refractivity contribution is 6.08. The number of nitrogens with one attached hydrogen (secondary N) is 2. The molecule has 0 radical (unpaired) electrons. The number of aromatic amines is 1. The maximum absolute atomic E-state index is 12.2. The summed E-state index contributed by atoms with van der Waals surface area (Å²) >= 11 is 0. The Morgan fingerprint density at radius 1 is 1.00 bits per heavy atom. The van der Waals surface area contributed by atoms with Gasteiger partial charge < -0.3 is 10.3 Å². The van der Waals surface area contributed by atoms with E-state index < -0.39 is 0 Å². The average molecular weight is 262 g/mol. The Kier molecular flexibility index (Phi) is 2.39. The number of carbonyl (C=O) groups excluding carboxylic acids is 1. The Labute approximate surface area is 116 Å². The van der Waals surface area contributed by atoms with Crippen LogP contribution in [0.5, 0.6) is 0 Å². The van der Waals surface area contributed by atoms with Gasteiger partial charge in [-0.25, -0.2) is 0 Å². The lowest BCUT2D eigenvalue weighted by atomic mass is 9.91. The Balaban J connectivity index is 1.99. The van der Waals surface area contributed by atoms with Crippen molar-refractivity contribution in [2.75, 3.05) is 6.54 Å². The highest BCUT2D eigenvalue weighted by Crippen LogP contribution is 2.34. The summed E-state index contributed by atoms with van der Waals surface area (Å²) in [5.41, 5.74) is 4.21. The van der Waals surface area contributed by atoms with E-state index in [0.717, 1.165) is 16.5 Å². The molecular formula is C17H14N2O. The van der Waals surface area contributed by atoms with Crippen LogP contribution in [-0.2, 0) is 0 Å². The predicted octanol–water partition coefficient (Wildman–Crippen LogP) is 3.04. The second-order valence-electron chi connectivity index (χ2n) is 5.15. The predicted molar refractivity (Wildman–Crippen MR) is 78.9 cm³/mol. The van der Waals surface area contributed by atoms with Crippen LogP contribution in [0.4, 0.5) is 0 Å². The van der Waals surface area contributed by atoms with Gasteiger partial charge in [-0.1, -0.05) is 36.4 Å². The van der Waals surface area contributed by atoms with Gasteiger partial charge in [-0.3, -0.25) is 4.79 Å². The molecule has 2 aromatic carbocycles. The van der Waals surface area contributed by atoms with Gasteiger partial charge in [0.15, 0.2) is 0 Å². The number of aromatic nitrogens is 1. The van der Waals surface area contributed by atoms with E-state index in [2.05, 4.69) is 22.4 Å². The fourth-order valence-electron chi connectivity index (χ4n) is 3.06. The van der Waals surface area contributed by atoms with E-state index in [-0.39, 0.29) is 11.8 Å². The molecule has 1 aliphatic rings. The van der Waals surface area contributed by atoms with E-state index in [9.17, 15) is 4.79 Å². The quantitative estimate of drug-likeness (QED) is 0.695. The number of rotatable bonds is 1. The number of H-pyrrole nitrogens is 1. The van der Waals surface area contributed by atoms with Crippen LogP contribution in [0.3, 0.4) is 0 Å². The molecule has 98 valence electrons. The van der Waals surface area contributed by atoms with Crippen molar-refractivity contribution in [3.05, 3.63) is 71.4 Å². The van der Waals surface area contributed by atoms with Gasteiger partial charge in [-0.05, 0) is 23.3 Å². The Hall–Kier alpha value is -2.55. The van der Waals surface area contributed by atoms with Crippen molar-refractivity contribution in [2.45, 2.75) is 5.92 Å². The van der Waals surface area contributed by atoms with Crippen LogP contribution in [0, 0.1) is 0 Å². The molecule has 2 N–H and O–H groups in total. The highest BCUT2D eigenvalue weighted by Gasteiger charge is 2.25. The monoisotopic (exact) mass is 262 g/mol. The fraction of sp³-hybridized carbons (Fsp3) is 0.118. The fourth-order valence-corrected chi connectivity index (χ4v) is 3.06. The molecule has 0 saturated carbocycles. The molecule has 1 amide bonds. The van der Waals surface area contributed by atoms with Gasteiger partial charge in [0.1, 0.15) is 0 Å². The van der Waals surface area contributed by atoms with Crippen molar-refractivity contribution in [1.29, 1.82) is 0 Å². The van der Waals surface area contributed by atoms with E-state index in [1.54, 1.807) is 0 Å². The zero-order chi connectivity index (χ0) is 13.5. The maximum Gasteiger partial charge on any atom is 0.252 e. The van der Waals surface area contributed by atoms with Crippen LogP contribution in [-0.4, -0.2) is 17.4 Å². The lowest BCUT2D eigenvalue weighted by Gasteiger charge is -2.15. The van der Waals surface area contributed by atoms with Crippen molar-refractivity contribution in [1.82, 2.24) is 10.3 Å². The molecule has 0 bridgehead atoms. The minimum absolute atomic E-state index is 0.00915. The molecule has 1 aromatic heterocycles. The van der Waals surface area contributed by atoms with Crippen LogP contribution in [0.1, 0.15) is 27.4 Å². The summed E-state index contributed by atoms with van der Waals surface area (Å²) in [6.45, 7) is 0.629. The summed E-state index contributed by atoms with van der Waals surface area (Å²) < 4.78 is 0. The van der Waals surface area contributed by atoms with Crippen LogP contribution in [0.2, 0.25) is 0 Å². The minimum Gasteiger partial charge on any atom is -0.361 e. The third kappa shape index (κ3) is 1.56. The van der Waals surface area contributed by atoms with Crippen LogP contribution < -0.4 is 5.32 Å². The molecule has 2 heterocycles. The third-order valence-electron chi connectivity index (χ3n) is 4.03. The zero-order valence-corrected chi connectivity index (χ0v) is 10.9. The molecule has 1 atom stereocenters. The zero-order valence-electron chi connectivity index (χ0n) is 10.9. The summed E-state index contributed by atoms with van der Waals surface area (Å²) in [4.78, 5) is 15.5.